The molecule has 1 unspecified atom stereocenters. The highest BCUT2D eigenvalue weighted by atomic mass is 35.5. The number of hydrogen-bond donors (Lipinski definition) is 1. The molecular formula is C17H16ClNO5. The molecule has 0 spiro atoms. The van der Waals surface area contributed by atoms with Crippen LogP contribution in [-0.4, -0.2) is 29.8 Å². The number of halogens is 1. The summed E-state index contributed by atoms with van der Waals surface area (Å²) in [4.78, 5) is 15.1. The first-order valence-corrected chi connectivity index (χ1v) is 7.68. The number of methoxy groups -OCH3 is 1. The van der Waals surface area contributed by atoms with Crippen molar-refractivity contribution in [3.8, 4) is 11.5 Å². The van der Waals surface area contributed by atoms with Crippen LogP contribution in [0, 0.1) is 6.92 Å². The zero-order chi connectivity index (χ0) is 17.3. The van der Waals surface area contributed by atoms with Gasteiger partial charge >= 0.3 is 5.97 Å². The average Bonchev–Trinajstić information content (AvgIpc) is 2.99. The Bertz CT molecular complexity index is 776. The number of hydrogen-bond acceptors (Lipinski definition) is 5. The van der Waals surface area contributed by atoms with E-state index in [1.54, 1.807) is 14.0 Å². The fraction of sp³-hybridized carbons (Fsp3) is 0.294. The van der Waals surface area contributed by atoms with Crippen LogP contribution < -0.4 is 9.47 Å². The molecule has 0 amide bonds. The molecular weight excluding hydrogens is 334 g/mol. The van der Waals surface area contributed by atoms with Crippen molar-refractivity contribution in [2.45, 2.75) is 19.6 Å². The van der Waals surface area contributed by atoms with Gasteiger partial charge in [0.05, 0.1) is 19.4 Å². The topological polar surface area (TPSA) is 77.9 Å². The van der Waals surface area contributed by atoms with Gasteiger partial charge in [-0.1, -0.05) is 23.7 Å². The van der Waals surface area contributed by atoms with Crippen LogP contribution in [0.2, 0.25) is 5.15 Å². The molecule has 24 heavy (non-hydrogen) atoms. The number of fused-ring (bicyclic) bond motifs is 1. The maximum absolute atomic E-state index is 10.8. The Hall–Kier alpha value is -2.31. The third kappa shape index (κ3) is 3.02. The summed E-state index contributed by atoms with van der Waals surface area (Å²) < 4.78 is 16.4. The molecule has 126 valence electrons. The maximum Gasteiger partial charge on any atom is 0.341 e. The molecule has 1 N–H and O–H groups in total. The van der Waals surface area contributed by atoms with Crippen molar-refractivity contribution in [1.29, 1.82) is 0 Å². The number of carboxylic acid groups (broad SMARTS) is 1. The lowest BCUT2D eigenvalue weighted by Crippen LogP contribution is -2.12. The first-order valence-electron chi connectivity index (χ1n) is 7.30. The molecule has 0 saturated carbocycles. The van der Waals surface area contributed by atoms with Crippen molar-refractivity contribution in [2.75, 3.05) is 13.7 Å². The molecule has 3 rings (SSSR count). The van der Waals surface area contributed by atoms with Gasteiger partial charge in [-0.25, -0.2) is 9.78 Å². The van der Waals surface area contributed by atoms with Gasteiger partial charge in [-0.2, -0.15) is 0 Å². The normalized spacial score (nSPS) is 15.9. The van der Waals surface area contributed by atoms with E-state index in [0.29, 0.717) is 22.2 Å². The Morgan fingerprint density at radius 1 is 1.42 bits per heavy atom. The molecule has 0 saturated heterocycles. The van der Waals surface area contributed by atoms with E-state index in [9.17, 15) is 4.79 Å². The molecule has 0 bridgehead atoms. The molecule has 1 atom stereocenters. The molecule has 2 aromatic rings. The Morgan fingerprint density at radius 2 is 2.12 bits per heavy atom. The van der Waals surface area contributed by atoms with Crippen molar-refractivity contribution < 1.29 is 24.1 Å². The molecule has 1 aliphatic heterocycles. The van der Waals surface area contributed by atoms with Crippen molar-refractivity contribution in [2.24, 2.45) is 0 Å². The van der Waals surface area contributed by atoms with Crippen LogP contribution in [-0.2, 0) is 16.1 Å². The minimum Gasteiger partial charge on any atom is -0.497 e. The zero-order valence-electron chi connectivity index (χ0n) is 13.2. The second-order valence-corrected chi connectivity index (χ2v) is 5.71. The minimum atomic E-state index is -1.05. The smallest absolute Gasteiger partial charge is 0.341 e. The lowest BCUT2D eigenvalue weighted by Gasteiger charge is -2.15. The first-order chi connectivity index (χ1) is 11.5. The van der Waals surface area contributed by atoms with Gasteiger partial charge in [0.15, 0.2) is 6.61 Å². The number of rotatable bonds is 5. The van der Waals surface area contributed by atoms with E-state index in [2.05, 4.69) is 4.98 Å². The van der Waals surface area contributed by atoms with Gasteiger partial charge in [0.25, 0.3) is 0 Å². The third-order valence-corrected chi connectivity index (χ3v) is 4.12. The van der Waals surface area contributed by atoms with E-state index < -0.39 is 12.6 Å². The van der Waals surface area contributed by atoms with Crippen LogP contribution in [0.25, 0.3) is 0 Å². The summed E-state index contributed by atoms with van der Waals surface area (Å²) in [6.45, 7) is 1.57. The van der Waals surface area contributed by atoms with E-state index >= 15 is 0 Å². The SMILES string of the molecule is COc1ccc(C2OCc3c(OCC(=O)O)c(C)nc(Cl)c32)cc1. The number of aliphatic carboxylic acids is 1. The van der Waals surface area contributed by atoms with Crippen LogP contribution in [0.3, 0.4) is 0 Å². The molecule has 1 aliphatic rings. The average molecular weight is 350 g/mol. The van der Waals surface area contributed by atoms with E-state index in [4.69, 9.17) is 30.9 Å². The molecule has 0 aliphatic carbocycles. The summed E-state index contributed by atoms with van der Waals surface area (Å²) in [5.41, 5.74) is 2.91. The quantitative estimate of drug-likeness (QED) is 0.835. The van der Waals surface area contributed by atoms with Crippen molar-refractivity contribution in [1.82, 2.24) is 4.98 Å². The molecule has 6 nitrogen and oxygen atoms in total. The van der Waals surface area contributed by atoms with Gasteiger partial charge in [-0.05, 0) is 24.6 Å². The largest absolute Gasteiger partial charge is 0.497 e. The fourth-order valence-corrected chi connectivity index (χ4v) is 3.09. The number of nitrogens with zero attached hydrogens (tertiary/aromatic N) is 1. The van der Waals surface area contributed by atoms with Gasteiger partial charge in [0, 0.05) is 11.1 Å². The first kappa shape index (κ1) is 16.5. The molecule has 0 radical (unpaired) electrons. The molecule has 1 aromatic carbocycles. The summed E-state index contributed by atoms with van der Waals surface area (Å²) in [5, 5.41) is 9.17. The number of aryl methyl sites for hydroxylation is 1. The highest BCUT2D eigenvalue weighted by molar-refractivity contribution is 6.30. The highest BCUT2D eigenvalue weighted by Gasteiger charge is 2.32. The van der Waals surface area contributed by atoms with Gasteiger partial charge < -0.3 is 19.3 Å². The summed E-state index contributed by atoms with van der Waals surface area (Å²) in [6, 6.07) is 7.47. The standard InChI is InChI=1S/C17H16ClNO5/c1-9-15(24-8-13(20)21)12-7-23-16(14(12)17(18)19-9)10-3-5-11(22-2)6-4-10/h3-6,16H,7-8H2,1-2H3,(H,20,21). The van der Waals surface area contributed by atoms with Gasteiger partial charge in [0.2, 0.25) is 0 Å². The van der Waals surface area contributed by atoms with E-state index in [-0.39, 0.29) is 12.7 Å². The lowest BCUT2D eigenvalue weighted by molar-refractivity contribution is -0.139. The van der Waals surface area contributed by atoms with Gasteiger partial charge in [-0.15, -0.1) is 0 Å². The van der Waals surface area contributed by atoms with Crippen molar-refractivity contribution >= 4 is 17.6 Å². The van der Waals surface area contributed by atoms with Crippen molar-refractivity contribution in [3.63, 3.8) is 0 Å². The summed E-state index contributed by atoms with van der Waals surface area (Å²) in [5.74, 6) is 0.118. The second kappa shape index (κ2) is 6.67. The monoisotopic (exact) mass is 349 g/mol. The van der Waals surface area contributed by atoms with E-state index in [1.165, 1.54) is 0 Å². The second-order valence-electron chi connectivity index (χ2n) is 5.36. The fourth-order valence-electron chi connectivity index (χ4n) is 2.75. The number of pyridine rings is 1. The summed E-state index contributed by atoms with van der Waals surface area (Å²) >= 11 is 6.33. The molecule has 2 heterocycles. The zero-order valence-corrected chi connectivity index (χ0v) is 14.0. The molecule has 0 fully saturated rings. The van der Waals surface area contributed by atoms with Crippen LogP contribution >= 0.6 is 11.6 Å². The molecule has 7 heteroatoms. The summed E-state index contributed by atoms with van der Waals surface area (Å²) in [6.07, 6.45) is -0.376. The Kier molecular flexibility index (Phi) is 4.59. The number of aromatic nitrogens is 1. The molecule has 1 aromatic heterocycles. The Labute approximate surface area is 143 Å². The third-order valence-electron chi connectivity index (χ3n) is 3.83. The van der Waals surface area contributed by atoms with Crippen LogP contribution in [0.15, 0.2) is 24.3 Å². The lowest BCUT2D eigenvalue weighted by atomic mass is 10.00. The van der Waals surface area contributed by atoms with Crippen LogP contribution in [0.1, 0.15) is 28.5 Å². The van der Waals surface area contributed by atoms with Gasteiger partial charge in [-0.3, -0.25) is 0 Å². The van der Waals surface area contributed by atoms with Crippen LogP contribution in [0.4, 0.5) is 0 Å². The van der Waals surface area contributed by atoms with E-state index in [1.807, 2.05) is 24.3 Å². The number of carbonyl (C=O) groups is 1. The Morgan fingerprint density at radius 3 is 2.75 bits per heavy atom. The number of carboxylic acids is 1. The number of ether oxygens (including phenoxy) is 3. The van der Waals surface area contributed by atoms with Crippen molar-refractivity contribution in [3.05, 3.63) is 51.8 Å². The predicted molar refractivity (Wildman–Crippen MR) is 86.7 cm³/mol. The minimum absolute atomic E-state index is 0.282. The maximum atomic E-state index is 10.8. The van der Waals surface area contributed by atoms with Gasteiger partial charge in [0.1, 0.15) is 22.8 Å². The van der Waals surface area contributed by atoms with E-state index in [0.717, 1.165) is 16.9 Å². The highest BCUT2D eigenvalue weighted by Crippen LogP contribution is 2.44. The number of benzene rings is 1. The Balaban J connectivity index is 2.00. The summed E-state index contributed by atoms with van der Waals surface area (Å²) in [7, 11) is 1.60. The predicted octanol–water partition coefficient (Wildman–Crippen LogP) is 3.14. The van der Waals surface area contributed by atoms with Crippen LogP contribution in [0.5, 0.6) is 11.5 Å².